The number of piperazine rings is 1. The lowest BCUT2D eigenvalue weighted by Crippen LogP contribution is -2.56. The van der Waals surface area contributed by atoms with Crippen molar-refractivity contribution in [1.82, 2.24) is 25.5 Å². The van der Waals surface area contributed by atoms with Gasteiger partial charge in [0.2, 0.25) is 5.91 Å². The van der Waals surface area contributed by atoms with E-state index < -0.39 is 0 Å². The van der Waals surface area contributed by atoms with Crippen LogP contribution in [0.2, 0.25) is 0 Å². The Labute approximate surface area is 114 Å². The number of nitrogens with one attached hydrogen (secondary N) is 3. The molecule has 1 aliphatic rings. The second kappa shape index (κ2) is 6.16. The van der Waals surface area contributed by atoms with Crippen LogP contribution in [0.1, 0.15) is 20.3 Å². The van der Waals surface area contributed by atoms with E-state index in [0.717, 1.165) is 19.5 Å². The normalized spacial score (nSPS) is 20.2. The van der Waals surface area contributed by atoms with Gasteiger partial charge in [-0.15, -0.1) is 0 Å². The molecule has 1 amide bonds. The summed E-state index contributed by atoms with van der Waals surface area (Å²) in [7, 11) is 0. The van der Waals surface area contributed by atoms with E-state index in [1.165, 1.54) is 0 Å². The Morgan fingerprint density at radius 1 is 1.53 bits per heavy atom. The summed E-state index contributed by atoms with van der Waals surface area (Å²) in [6.07, 6.45) is 6.41. The Morgan fingerprint density at radius 3 is 3.00 bits per heavy atom. The molecule has 1 saturated heterocycles. The van der Waals surface area contributed by atoms with Crippen molar-refractivity contribution in [3.63, 3.8) is 0 Å². The minimum Gasteiger partial charge on any atom is -0.355 e. The molecule has 1 fully saturated rings. The van der Waals surface area contributed by atoms with Crippen LogP contribution >= 0.6 is 0 Å². The van der Waals surface area contributed by atoms with Gasteiger partial charge in [-0.1, -0.05) is 0 Å². The summed E-state index contributed by atoms with van der Waals surface area (Å²) >= 11 is 0. The molecule has 0 unspecified atom stereocenters. The van der Waals surface area contributed by atoms with Gasteiger partial charge in [-0.3, -0.25) is 4.79 Å². The lowest BCUT2D eigenvalue weighted by molar-refractivity contribution is -0.123. The first-order valence-electron chi connectivity index (χ1n) is 6.80. The predicted molar refractivity (Wildman–Crippen MR) is 73.8 cm³/mol. The van der Waals surface area contributed by atoms with Crippen molar-refractivity contribution in [3.8, 4) is 0 Å². The molecule has 0 radical (unpaired) electrons. The fourth-order valence-electron chi connectivity index (χ4n) is 2.20. The van der Waals surface area contributed by atoms with Crippen LogP contribution in [-0.4, -0.2) is 47.7 Å². The van der Waals surface area contributed by atoms with Crippen molar-refractivity contribution in [2.75, 3.05) is 26.2 Å². The Bertz CT molecular complexity index is 395. The molecule has 1 aliphatic heterocycles. The summed E-state index contributed by atoms with van der Waals surface area (Å²) < 4.78 is 2.07. The molecular formula is C13H23N5O. The lowest BCUT2D eigenvalue weighted by atomic mass is 10.0. The summed E-state index contributed by atoms with van der Waals surface area (Å²) in [4.78, 5) is 16.0. The topological polar surface area (TPSA) is 71.0 Å². The first kappa shape index (κ1) is 14.0. The second-order valence-corrected chi connectivity index (χ2v) is 5.53. The van der Waals surface area contributed by atoms with Gasteiger partial charge in [0.15, 0.2) is 0 Å². The van der Waals surface area contributed by atoms with Crippen molar-refractivity contribution in [3.05, 3.63) is 18.7 Å². The van der Waals surface area contributed by atoms with E-state index in [1.807, 2.05) is 12.5 Å². The van der Waals surface area contributed by atoms with Crippen molar-refractivity contribution in [1.29, 1.82) is 0 Å². The van der Waals surface area contributed by atoms with Crippen LogP contribution in [-0.2, 0) is 10.3 Å². The number of amides is 1. The molecule has 106 valence electrons. The van der Waals surface area contributed by atoms with E-state index in [2.05, 4.69) is 39.3 Å². The minimum atomic E-state index is -0.106. The molecule has 0 aliphatic carbocycles. The third-order valence-corrected chi connectivity index (χ3v) is 3.60. The average Bonchev–Trinajstić information content (AvgIpc) is 2.94. The smallest absolute Gasteiger partial charge is 0.238 e. The SMILES string of the molecule is CC(C)(CCNC(=O)[C@H]1CNCCN1)n1ccnc1. The number of hydrogen-bond acceptors (Lipinski definition) is 4. The first-order chi connectivity index (χ1) is 9.09. The number of hydrogen-bond donors (Lipinski definition) is 3. The zero-order valence-corrected chi connectivity index (χ0v) is 11.6. The molecule has 2 rings (SSSR count). The Hall–Kier alpha value is -1.40. The number of nitrogens with zero attached hydrogens (tertiary/aromatic N) is 2. The van der Waals surface area contributed by atoms with Crippen molar-refractivity contribution in [2.45, 2.75) is 31.8 Å². The van der Waals surface area contributed by atoms with Crippen molar-refractivity contribution in [2.24, 2.45) is 0 Å². The molecule has 2 heterocycles. The predicted octanol–water partition coefficient (Wildman–Crippen LogP) is -0.314. The first-order valence-corrected chi connectivity index (χ1v) is 6.80. The number of rotatable bonds is 5. The molecule has 6 heteroatoms. The molecule has 1 aromatic rings. The molecule has 1 atom stereocenters. The maximum atomic E-state index is 11.9. The van der Waals surface area contributed by atoms with Gasteiger partial charge in [0, 0.05) is 44.1 Å². The standard InChI is InChI=1S/C13H23N5O/c1-13(2,18-8-7-15-10-18)3-4-17-12(19)11-9-14-5-6-16-11/h7-8,10-11,14,16H,3-6,9H2,1-2H3,(H,17,19)/t11-/m1/s1. The number of carbonyl (C=O) groups excluding carboxylic acids is 1. The summed E-state index contributed by atoms with van der Waals surface area (Å²) in [6, 6.07) is -0.106. The van der Waals surface area contributed by atoms with Crippen molar-refractivity contribution < 1.29 is 4.79 Å². The van der Waals surface area contributed by atoms with Gasteiger partial charge in [-0.25, -0.2) is 4.98 Å². The van der Waals surface area contributed by atoms with Gasteiger partial charge >= 0.3 is 0 Å². The number of carbonyl (C=O) groups is 1. The largest absolute Gasteiger partial charge is 0.355 e. The molecule has 1 aromatic heterocycles. The van der Waals surface area contributed by atoms with Gasteiger partial charge in [-0.05, 0) is 20.3 Å². The molecular weight excluding hydrogens is 242 g/mol. The Balaban J connectivity index is 1.75. The highest BCUT2D eigenvalue weighted by Gasteiger charge is 2.22. The number of imidazole rings is 1. The van der Waals surface area contributed by atoms with E-state index in [9.17, 15) is 4.79 Å². The van der Waals surface area contributed by atoms with E-state index >= 15 is 0 Å². The summed E-state index contributed by atoms with van der Waals surface area (Å²) in [6.45, 7) is 7.43. The fourth-order valence-corrected chi connectivity index (χ4v) is 2.20. The maximum Gasteiger partial charge on any atom is 0.238 e. The second-order valence-electron chi connectivity index (χ2n) is 5.53. The molecule has 0 bridgehead atoms. The summed E-state index contributed by atoms with van der Waals surface area (Å²) in [5.41, 5.74) is -0.0397. The van der Waals surface area contributed by atoms with Gasteiger partial charge < -0.3 is 20.5 Å². The van der Waals surface area contributed by atoms with Crippen LogP contribution < -0.4 is 16.0 Å². The highest BCUT2D eigenvalue weighted by Crippen LogP contribution is 2.18. The average molecular weight is 265 g/mol. The highest BCUT2D eigenvalue weighted by molar-refractivity contribution is 5.82. The van der Waals surface area contributed by atoms with Crippen LogP contribution in [0, 0.1) is 0 Å². The highest BCUT2D eigenvalue weighted by atomic mass is 16.2. The van der Waals surface area contributed by atoms with E-state index in [-0.39, 0.29) is 17.5 Å². The van der Waals surface area contributed by atoms with Crippen LogP contribution in [0.25, 0.3) is 0 Å². The van der Waals surface area contributed by atoms with Gasteiger partial charge in [0.05, 0.1) is 12.4 Å². The fraction of sp³-hybridized carbons (Fsp3) is 0.692. The molecule has 6 nitrogen and oxygen atoms in total. The molecule has 19 heavy (non-hydrogen) atoms. The summed E-state index contributed by atoms with van der Waals surface area (Å²) in [5.74, 6) is 0.0774. The molecule has 0 aromatic carbocycles. The molecule has 0 saturated carbocycles. The van der Waals surface area contributed by atoms with Crippen molar-refractivity contribution >= 4 is 5.91 Å². The molecule has 3 N–H and O–H groups in total. The zero-order valence-electron chi connectivity index (χ0n) is 11.6. The number of aromatic nitrogens is 2. The minimum absolute atomic E-state index is 0.0397. The summed E-state index contributed by atoms with van der Waals surface area (Å²) in [5, 5.41) is 9.41. The van der Waals surface area contributed by atoms with Crippen LogP contribution in [0.15, 0.2) is 18.7 Å². The monoisotopic (exact) mass is 265 g/mol. The lowest BCUT2D eigenvalue weighted by Gasteiger charge is -2.28. The third-order valence-electron chi connectivity index (χ3n) is 3.60. The molecule has 0 spiro atoms. The van der Waals surface area contributed by atoms with Gasteiger partial charge in [-0.2, -0.15) is 0 Å². The Kier molecular flexibility index (Phi) is 4.55. The Morgan fingerprint density at radius 2 is 2.37 bits per heavy atom. The van der Waals surface area contributed by atoms with E-state index in [0.29, 0.717) is 13.1 Å². The quantitative estimate of drug-likeness (QED) is 0.683. The third kappa shape index (κ3) is 3.78. The maximum absolute atomic E-state index is 11.9. The van der Waals surface area contributed by atoms with Crippen LogP contribution in [0.3, 0.4) is 0 Å². The van der Waals surface area contributed by atoms with E-state index in [4.69, 9.17) is 0 Å². The van der Waals surface area contributed by atoms with Crippen LogP contribution in [0.4, 0.5) is 0 Å². The zero-order chi connectivity index (χ0) is 13.7. The van der Waals surface area contributed by atoms with Gasteiger partial charge in [0.25, 0.3) is 0 Å². The van der Waals surface area contributed by atoms with Gasteiger partial charge in [0.1, 0.15) is 0 Å². The van der Waals surface area contributed by atoms with E-state index in [1.54, 1.807) is 6.20 Å². The van der Waals surface area contributed by atoms with Crippen LogP contribution in [0.5, 0.6) is 0 Å².